The van der Waals surface area contributed by atoms with E-state index in [1.54, 1.807) is 0 Å². The number of amides is 1. The van der Waals surface area contributed by atoms with Crippen molar-refractivity contribution >= 4 is 11.9 Å². The molecule has 2 rings (SSSR count). The number of aliphatic carboxylic acids is 1. The minimum Gasteiger partial charge on any atom is -0.480 e. The van der Waals surface area contributed by atoms with Crippen LogP contribution in [-0.4, -0.2) is 58.8 Å². The van der Waals surface area contributed by atoms with Crippen LogP contribution in [0.3, 0.4) is 0 Å². The fourth-order valence-corrected chi connectivity index (χ4v) is 2.59. The van der Waals surface area contributed by atoms with Gasteiger partial charge in [-0.05, 0) is 25.9 Å². The summed E-state index contributed by atoms with van der Waals surface area (Å²) < 4.78 is 0. The number of carboxylic acids is 1. The molecule has 0 aliphatic carbocycles. The summed E-state index contributed by atoms with van der Waals surface area (Å²) in [7, 11) is 0. The van der Waals surface area contributed by atoms with Gasteiger partial charge in [-0.15, -0.1) is 0 Å². The Bertz CT molecular complexity index is 315. The first-order valence-electron chi connectivity index (χ1n) is 6.01. The molecule has 2 aliphatic rings. The second-order valence-corrected chi connectivity index (χ2v) is 4.76. The summed E-state index contributed by atoms with van der Waals surface area (Å²) in [6.45, 7) is 1.74. The maximum Gasteiger partial charge on any atom is 0.326 e. The van der Waals surface area contributed by atoms with Crippen molar-refractivity contribution in [3.63, 3.8) is 0 Å². The number of carbonyl (C=O) groups is 2. The molecule has 0 saturated carbocycles. The lowest BCUT2D eigenvalue weighted by atomic mass is 9.96. The maximum absolute atomic E-state index is 12.2. The molecule has 0 aromatic rings. The molecular weight excluding hydrogens is 224 g/mol. The monoisotopic (exact) mass is 242 g/mol. The Hall–Kier alpha value is -1.14. The molecular formula is C11H18N2O4. The summed E-state index contributed by atoms with van der Waals surface area (Å²) >= 11 is 0. The van der Waals surface area contributed by atoms with E-state index in [2.05, 4.69) is 5.32 Å². The van der Waals surface area contributed by atoms with Crippen molar-refractivity contribution in [2.75, 3.05) is 19.6 Å². The lowest BCUT2D eigenvalue weighted by molar-refractivity contribution is -0.150. The summed E-state index contributed by atoms with van der Waals surface area (Å²) in [5.41, 5.74) is 0. The lowest BCUT2D eigenvalue weighted by Gasteiger charge is -2.29. The highest BCUT2D eigenvalue weighted by atomic mass is 16.4. The molecule has 2 heterocycles. The molecule has 2 aliphatic heterocycles. The normalized spacial score (nSPS) is 30.5. The molecule has 6 heteroatoms. The van der Waals surface area contributed by atoms with E-state index in [0.29, 0.717) is 0 Å². The van der Waals surface area contributed by atoms with Gasteiger partial charge >= 0.3 is 5.97 Å². The molecule has 17 heavy (non-hydrogen) atoms. The van der Waals surface area contributed by atoms with E-state index >= 15 is 0 Å². The minimum absolute atomic E-state index is 0.0941. The SMILES string of the molecule is O=C(O)[C@@H]1C[C@H](O)CN1C(=O)C1CCNCC1. The number of carbonyl (C=O) groups excluding carboxylic acids is 1. The molecule has 6 nitrogen and oxygen atoms in total. The molecule has 0 aromatic heterocycles. The smallest absolute Gasteiger partial charge is 0.326 e. The van der Waals surface area contributed by atoms with Crippen molar-refractivity contribution in [2.24, 2.45) is 5.92 Å². The van der Waals surface area contributed by atoms with E-state index in [-0.39, 0.29) is 24.8 Å². The number of aliphatic hydroxyl groups excluding tert-OH is 1. The predicted molar refractivity (Wildman–Crippen MR) is 59.4 cm³/mol. The molecule has 96 valence electrons. The van der Waals surface area contributed by atoms with Gasteiger partial charge in [-0.1, -0.05) is 0 Å². The van der Waals surface area contributed by atoms with Gasteiger partial charge in [0.2, 0.25) is 5.91 Å². The molecule has 1 amide bonds. The molecule has 0 bridgehead atoms. The molecule has 0 aromatic carbocycles. The Labute approximate surface area is 99.6 Å². The molecule has 0 unspecified atom stereocenters. The Morgan fingerprint density at radius 2 is 1.88 bits per heavy atom. The van der Waals surface area contributed by atoms with Crippen LogP contribution in [-0.2, 0) is 9.59 Å². The van der Waals surface area contributed by atoms with Crippen LogP contribution < -0.4 is 5.32 Å². The average Bonchev–Trinajstić information content (AvgIpc) is 2.72. The zero-order chi connectivity index (χ0) is 12.4. The number of carboxylic acid groups (broad SMARTS) is 1. The van der Waals surface area contributed by atoms with Gasteiger partial charge in [0.1, 0.15) is 6.04 Å². The zero-order valence-corrected chi connectivity index (χ0v) is 9.63. The van der Waals surface area contributed by atoms with E-state index in [0.717, 1.165) is 25.9 Å². The van der Waals surface area contributed by atoms with E-state index in [1.807, 2.05) is 0 Å². The van der Waals surface area contributed by atoms with E-state index in [4.69, 9.17) is 5.11 Å². The summed E-state index contributed by atoms with van der Waals surface area (Å²) in [6.07, 6.45) is 0.934. The van der Waals surface area contributed by atoms with Crippen molar-refractivity contribution < 1.29 is 19.8 Å². The summed E-state index contributed by atoms with van der Waals surface area (Å²) in [5.74, 6) is -1.23. The predicted octanol–water partition coefficient (Wildman–Crippen LogP) is -0.968. The second kappa shape index (κ2) is 5.01. The number of likely N-dealkylation sites (tertiary alicyclic amines) is 1. The first kappa shape index (κ1) is 12.3. The minimum atomic E-state index is -1.02. The number of nitrogens with one attached hydrogen (secondary N) is 1. The van der Waals surface area contributed by atoms with Gasteiger partial charge in [-0.25, -0.2) is 4.79 Å². The molecule has 3 N–H and O–H groups in total. The average molecular weight is 242 g/mol. The van der Waals surface area contributed by atoms with Crippen LogP contribution in [0.2, 0.25) is 0 Å². The second-order valence-electron chi connectivity index (χ2n) is 4.76. The van der Waals surface area contributed by atoms with Crippen molar-refractivity contribution in [1.29, 1.82) is 0 Å². The van der Waals surface area contributed by atoms with Crippen molar-refractivity contribution in [2.45, 2.75) is 31.4 Å². The standard InChI is InChI=1S/C11H18N2O4/c14-8-5-9(11(16)17)13(6-8)10(15)7-1-3-12-4-2-7/h7-9,12,14H,1-6H2,(H,16,17)/t8-,9-/m0/s1. The third kappa shape index (κ3) is 2.58. The fraction of sp³-hybridized carbons (Fsp3) is 0.818. The van der Waals surface area contributed by atoms with Gasteiger partial charge < -0.3 is 20.4 Å². The lowest BCUT2D eigenvalue weighted by Crippen LogP contribution is -2.46. The van der Waals surface area contributed by atoms with Crippen LogP contribution in [0, 0.1) is 5.92 Å². The van der Waals surface area contributed by atoms with Gasteiger partial charge in [-0.2, -0.15) is 0 Å². The Balaban J connectivity index is 2.04. The summed E-state index contributed by atoms with van der Waals surface area (Å²) in [4.78, 5) is 24.5. The van der Waals surface area contributed by atoms with Crippen molar-refractivity contribution in [3.8, 4) is 0 Å². The molecule has 2 atom stereocenters. The van der Waals surface area contributed by atoms with E-state index in [1.165, 1.54) is 4.90 Å². The molecule has 0 radical (unpaired) electrons. The number of rotatable bonds is 2. The van der Waals surface area contributed by atoms with E-state index < -0.39 is 18.1 Å². The van der Waals surface area contributed by atoms with Crippen LogP contribution in [0.4, 0.5) is 0 Å². The molecule has 0 spiro atoms. The van der Waals surface area contributed by atoms with Crippen molar-refractivity contribution in [1.82, 2.24) is 10.2 Å². The largest absolute Gasteiger partial charge is 0.480 e. The third-order valence-electron chi connectivity index (χ3n) is 3.54. The van der Waals surface area contributed by atoms with E-state index in [9.17, 15) is 14.7 Å². The van der Waals surface area contributed by atoms with Crippen LogP contribution in [0.1, 0.15) is 19.3 Å². The highest BCUT2D eigenvalue weighted by Gasteiger charge is 2.41. The molecule has 2 saturated heterocycles. The van der Waals surface area contributed by atoms with Crippen LogP contribution in [0.5, 0.6) is 0 Å². The number of piperidine rings is 1. The Morgan fingerprint density at radius 1 is 1.24 bits per heavy atom. The highest BCUT2D eigenvalue weighted by Crippen LogP contribution is 2.23. The topological polar surface area (TPSA) is 89.9 Å². The maximum atomic E-state index is 12.2. The van der Waals surface area contributed by atoms with Gasteiger partial charge in [0, 0.05) is 18.9 Å². The Kier molecular flexibility index (Phi) is 3.63. The number of hydrogen-bond acceptors (Lipinski definition) is 4. The first-order chi connectivity index (χ1) is 8.09. The van der Waals surface area contributed by atoms with Gasteiger partial charge in [0.25, 0.3) is 0 Å². The number of hydrogen-bond donors (Lipinski definition) is 3. The Morgan fingerprint density at radius 3 is 2.47 bits per heavy atom. The zero-order valence-electron chi connectivity index (χ0n) is 9.63. The van der Waals surface area contributed by atoms with Crippen LogP contribution in [0.15, 0.2) is 0 Å². The first-order valence-corrected chi connectivity index (χ1v) is 6.01. The highest BCUT2D eigenvalue weighted by molar-refractivity contribution is 5.86. The van der Waals surface area contributed by atoms with Gasteiger partial charge in [-0.3, -0.25) is 4.79 Å². The number of β-amino-alcohol motifs (C(OH)–C–C–N with tert-alkyl or cyclic N) is 1. The summed E-state index contributed by atoms with van der Waals surface area (Å²) in [5, 5.41) is 21.7. The fourth-order valence-electron chi connectivity index (χ4n) is 2.59. The summed E-state index contributed by atoms with van der Waals surface area (Å²) in [6, 6.07) is -0.854. The van der Waals surface area contributed by atoms with Crippen LogP contribution >= 0.6 is 0 Å². The van der Waals surface area contributed by atoms with Crippen LogP contribution in [0.25, 0.3) is 0 Å². The quantitative estimate of drug-likeness (QED) is 0.580. The van der Waals surface area contributed by atoms with Gasteiger partial charge in [0.15, 0.2) is 0 Å². The van der Waals surface area contributed by atoms with Crippen molar-refractivity contribution in [3.05, 3.63) is 0 Å². The number of aliphatic hydroxyl groups is 1. The molecule has 2 fully saturated rings. The van der Waals surface area contributed by atoms with Gasteiger partial charge in [0.05, 0.1) is 6.10 Å². The number of nitrogens with zero attached hydrogens (tertiary/aromatic N) is 1. The third-order valence-corrected chi connectivity index (χ3v) is 3.54.